The Kier molecular flexibility index (Phi) is 4.63. The van der Waals surface area contributed by atoms with Gasteiger partial charge in [-0.05, 0) is 12.5 Å². The average Bonchev–Trinajstić information content (AvgIpc) is 2.72. The molecule has 0 unspecified atom stereocenters. The van der Waals surface area contributed by atoms with Crippen LogP contribution in [-0.4, -0.2) is 44.0 Å². The zero-order chi connectivity index (χ0) is 15.6. The largest absolute Gasteiger partial charge is 0.534 e. The summed E-state index contributed by atoms with van der Waals surface area (Å²) in [4.78, 5) is 23.3. The second kappa shape index (κ2) is 5.69. The number of ether oxygens (including phenoxy) is 1. The van der Waals surface area contributed by atoms with Gasteiger partial charge in [-0.3, -0.25) is 4.79 Å². The van der Waals surface area contributed by atoms with Gasteiger partial charge in [0.05, 0.1) is 6.54 Å². The molecule has 0 saturated carbocycles. The zero-order valence-corrected chi connectivity index (χ0v) is 11.0. The summed E-state index contributed by atoms with van der Waals surface area (Å²) in [6.07, 6.45) is -0.223. The fraction of sp³-hybridized carbons (Fsp3) is 0.556. The van der Waals surface area contributed by atoms with Crippen molar-refractivity contribution in [2.75, 3.05) is 13.2 Å². The Morgan fingerprint density at radius 1 is 1.50 bits per heavy atom. The third-order valence-electron chi connectivity index (χ3n) is 2.09. The van der Waals surface area contributed by atoms with E-state index in [1.165, 1.54) is 6.92 Å². The molecular formula is C9H10F3NO6S. The van der Waals surface area contributed by atoms with Crippen LogP contribution < -0.4 is 0 Å². The molecule has 0 spiro atoms. The summed E-state index contributed by atoms with van der Waals surface area (Å²) in [5.41, 5.74) is -5.67. The fourth-order valence-electron chi connectivity index (χ4n) is 1.22. The highest BCUT2D eigenvalue weighted by atomic mass is 32.2. The van der Waals surface area contributed by atoms with Crippen LogP contribution in [0, 0.1) is 0 Å². The second-order valence-electron chi connectivity index (χ2n) is 3.53. The number of carbonyl (C=O) groups excluding carboxylic acids is 2. The number of hydrogen-bond donors (Lipinski definition) is 0. The molecule has 0 N–H and O–H groups in total. The lowest BCUT2D eigenvalue weighted by atomic mass is 10.3. The van der Waals surface area contributed by atoms with Crippen molar-refractivity contribution < 1.29 is 40.1 Å². The molecule has 1 saturated heterocycles. The van der Waals surface area contributed by atoms with Crippen molar-refractivity contribution in [2.24, 2.45) is 0 Å². The van der Waals surface area contributed by atoms with Gasteiger partial charge >= 0.3 is 21.7 Å². The Balaban J connectivity index is 3.00. The van der Waals surface area contributed by atoms with Gasteiger partial charge in [0.2, 0.25) is 5.76 Å². The lowest BCUT2D eigenvalue weighted by molar-refractivity contribution is -0.126. The molecule has 20 heavy (non-hydrogen) atoms. The molecule has 1 aliphatic rings. The number of imide groups is 1. The maximum absolute atomic E-state index is 12.2. The molecule has 0 aromatic carbocycles. The molecule has 7 nitrogen and oxygen atoms in total. The van der Waals surface area contributed by atoms with Gasteiger partial charge in [-0.2, -0.15) is 21.6 Å². The van der Waals surface area contributed by atoms with Gasteiger partial charge < -0.3 is 8.92 Å². The lowest BCUT2D eigenvalue weighted by Gasteiger charge is -2.15. The van der Waals surface area contributed by atoms with Crippen LogP contribution in [0.4, 0.5) is 18.0 Å². The van der Waals surface area contributed by atoms with E-state index < -0.39 is 33.4 Å². The van der Waals surface area contributed by atoms with Gasteiger partial charge in [-0.15, -0.1) is 0 Å². The van der Waals surface area contributed by atoms with Crippen molar-refractivity contribution in [3.8, 4) is 0 Å². The summed E-state index contributed by atoms with van der Waals surface area (Å²) in [5, 5.41) is 0. The van der Waals surface area contributed by atoms with E-state index in [9.17, 15) is 31.2 Å². The van der Waals surface area contributed by atoms with Crippen molar-refractivity contribution in [2.45, 2.75) is 18.9 Å². The first-order valence-electron chi connectivity index (χ1n) is 5.29. The van der Waals surface area contributed by atoms with Crippen molar-refractivity contribution >= 4 is 22.1 Å². The predicted octanol–water partition coefficient (Wildman–Crippen LogP) is 1.13. The van der Waals surface area contributed by atoms with Gasteiger partial charge in [-0.1, -0.05) is 6.92 Å². The number of allylic oxidation sites excluding steroid dienone is 1. The lowest BCUT2D eigenvalue weighted by Crippen LogP contribution is -2.35. The summed E-state index contributed by atoms with van der Waals surface area (Å²) in [6, 6.07) is 0. The number of nitrogens with zero attached hydrogens (tertiary/aromatic N) is 1. The molecule has 114 valence electrons. The molecule has 1 heterocycles. The number of carbonyl (C=O) groups is 2. The molecular weight excluding hydrogens is 307 g/mol. The SMILES string of the molecule is CC/C=C(\OS(=O)(=O)C(F)(F)F)C(=O)N1CCOC1=O. The van der Waals surface area contributed by atoms with Gasteiger partial charge in [0.15, 0.2) is 0 Å². The zero-order valence-electron chi connectivity index (χ0n) is 10.1. The van der Waals surface area contributed by atoms with E-state index in [0.717, 1.165) is 6.08 Å². The molecule has 2 amide bonds. The first kappa shape index (κ1) is 16.3. The molecule has 1 fully saturated rings. The van der Waals surface area contributed by atoms with Crippen LogP contribution >= 0.6 is 0 Å². The van der Waals surface area contributed by atoms with Crippen LogP contribution in [0.2, 0.25) is 0 Å². The molecule has 0 atom stereocenters. The number of cyclic esters (lactones) is 1. The highest BCUT2D eigenvalue weighted by Crippen LogP contribution is 2.27. The van der Waals surface area contributed by atoms with E-state index >= 15 is 0 Å². The fourth-order valence-corrected chi connectivity index (χ4v) is 1.69. The Morgan fingerprint density at radius 3 is 2.50 bits per heavy atom. The number of hydrogen-bond acceptors (Lipinski definition) is 6. The summed E-state index contributed by atoms with van der Waals surface area (Å²) in [5.74, 6) is -2.40. The van der Waals surface area contributed by atoms with Crippen molar-refractivity contribution in [3.05, 3.63) is 11.8 Å². The van der Waals surface area contributed by atoms with E-state index in [4.69, 9.17) is 0 Å². The number of alkyl halides is 3. The Bertz CT molecular complexity index is 538. The number of rotatable bonds is 4. The third kappa shape index (κ3) is 3.40. The van der Waals surface area contributed by atoms with Crippen LogP contribution in [0.3, 0.4) is 0 Å². The van der Waals surface area contributed by atoms with E-state index in [2.05, 4.69) is 8.92 Å². The van der Waals surface area contributed by atoms with Crippen LogP contribution in [0.15, 0.2) is 11.8 Å². The Morgan fingerprint density at radius 2 is 2.10 bits per heavy atom. The Labute approximate surface area is 112 Å². The van der Waals surface area contributed by atoms with E-state index in [1.54, 1.807) is 0 Å². The Hall–Kier alpha value is -1.78. The summed E-state index contributed by atoms with van der Waals surface area (Å²) >= 11 is 0. The van der Waals surface area contributed by atoms with Crippen LogP contribution in [0.25, 0.3) is 0 Å². The third-order valence-corrected chi connectivity index (χ3v) is 3.06. The molecule has 0 aromatic rings. The molecule has 11 heteroatoms. The number of amides is 2. The van der Waals surface area contributed by atoms with E-state index in [1.807, 2.05) is 0 Å². The van der Waals surface area contributed by atoms with E-state index in [0.29, 0.717) is 4.90 Å². The monoisotopic (exact) mass is 317 g/mol. The maximum atomic E-state index is 12.2. The van der Waals surface area contributed by atoms with Crippen LogP contribution in [0.5, 0.6) is 0 Å². The first-order valence-corrected chi connectivity index (χ1v) is 6.70. The normalized spacial score (nSPS) is 17.1. The number of halogens is 3. The standard InChI is InChI=1S/C9H10F3NO6S/c1-2-3-6(19-20(16,17)9(10,11)12)7(14)13-4-5-18-8(13)15/h3H,2,4-5H2,1H3/b6-3-. The summed E-state index contributed by atoms with van der Waals surface area (Å²) in [7, 11) is -5.98. The second-order valence-corrected chi connectivity index (χ2v) is 5.07. The van der Waals surface area contributed by atoms with Gasteiger partial charge in [0.25, 0.3) is 5.91 Å². The van der Waals surface area contributed by atoms with Crippen molar-refractivity contribution in [3.63, 3.8) is 0 Å². The first-order chi connectivity index (χ1) is 9.10. The molecule has 0 bridgehead atoms. The molecule has 0 aromatic heterocycles. The van der Waals surface area contributed by atoms with E-state index in [-0.39, 0.29) is 19.6 Å². The predicted molar refractivity (Wildman–Crippen MR) is 57.5 cm³/mol. The molecule has 1 aliphatic heterocycles. The highest BCUT2D eigenvalue weighted by molar-refractivity contribution is 7.87. The molecule has 1 rings (SSSR count). The minimum absolute atomic E-state index is 0.0251. The van der Waals surface area contributed by atoms with Gasteiger partial charge in [0, 0.05) is 0 Å². The van der Waals surface area contributed by atoms with Crippen molar-refractivity contribution in [1.29, 1.82) is 0 Å². The summed E-state index contributed by atoms with van der Waals surface area (Å²) < 4.78 is 66.5. The average molecular weight is 317 g/mol. The molecule has 0 radical (unpaired) electrons. The highest BCUT2D eigenvalue weighted by Gasteiger charge is 2.50. The maximum Gasteiger partial charge on any atom is 0.534 e. The quantitative estimate of drug-likeness (QED) is 0.334. The van der Waals surface area contributed by atoms with Gasteiger partial charge in [-0.25, -0.2) is 9.69 Å². The van der Waals surface area contributed by atoms with Crippen LogP contribution in [-0.2, 0) is 23.8 Å². The van der Waals surface area contributed by atoms with Crippen LogP contribution in [0.1, 0.15) is 13.3 Å². The topological polar surface area (TPSA) is 90.0 Å². The smallest absolute Gasteiger partial charge is 0.447 e. The minimum Gasteiger partial charge on any atom is -0.447 e. The minimum atomic E-state index is -5.98. The van der Waals surface area contributed by atoms with Crippen molar-refractivity contribution in [1.82, 2.24) is 4.90 Å². The van der Waals surface area contributed by atoms with Gasteiger partial charge in [0.1, 0.15) is 6.61 Å². The molecule has 0 aliphatic carbocycles. The summed E-state index contributed by atoms with van der Waals surface area (Å²) in [6.45, 7) is 1.11.